The number of aryl methyl sites for hydroxylation is 1. The smallest absolute Gasteiger partial charge is 0.295 e. The first-order chi connectivity index (χ1) is 8.47. The first-order valence-corrected chi connectivity index (χ1v) is 4.82. The number of amides is 1. The summed E-state index contributed by atoms with van der Waals surface area (Å²) in [5.74, 6) is -4.29. The third-order valence-corrected chi connectivity index (χ3v) is 2.05. The summed E-state index contributed by atoms with van der Waals surface area (Å²) in [4.78, 5) is 15.2. The van der Waals surface area contributed by atoms with Crippen LogP contribution in [0.4, 0.5) is 18.9 Å². The summed E-state index contributed by atoms with van der Waals surface area (Å²) in [6.45, 7) is 1.56. The van der Waals surface area contributed by atoms with E-state index < -0.39 is 29.0 Å². The third-order valence-electron chi connectivity index (χ3n) is 2.05. The van der Waals surface area contributed by atoms with Crippen molar-refractivity contribution in [3.8, 4) is 0 Å². The summed E-state index contributed by atoms with van der Waals surface area (Å²) in [6.07, 6.45) is 0. The standard InChI is InChI=1S/C10H7F3N4O/c1-4-14-9(17-16-4)10(18)15-8-6(12)2-5(11)3-7(8)13/h2-3H,1H3,(H,15,18)(H,14,16,17). The average molecular weight is 256 g/mol. The van der Waals surface area contributed by atoms with E-state index in [4.69, 9.17) is 0 Å². The van der Waals surface area contributed by atoms with Crippen molar-refractivity contribution in [3.05, 3.63) is 41.2 Å². The predicted molar refractivity (Wildman–Crippen MR) is 55.4 cm³/mol. The lowest BCUT2D eigenvalue weighted by Gasteiger charge is -2.05. The fraction of sp³-hybridized carbons (Fsp3) is 0.100. The van der Waals surface area contributed by atoms with Gasteiger partial charge in [0.1, 0.15) is 17.3 Å². The van der Waals surface area contributed by atoms with Gasteiger partial charge in [0, 0.05) is 12.1 Å². The molecule has 1 aromatic heterocycles. The number of benzene rings is 1. The van der Waals surface area contributed by atoms with Gasteiger partial charge in [0.15, 0.2) is 11.6 Å². The molecule has 0 bridgehead atoms. The second-order valence-corrected chi connectivity index (χ2v) is 3.44. The first-order valence-electron chi connectivity index (χ1n) is 4.82. The molecule has 0 aliphatic carbocycles. The van der Waals surface area contributed by atoms with Crippen molar-refractivity contribution in [3.63, 3.8) is 0 Å². The Morgan fingerprint density at radius 3 is 2.39 bits per heavy atom. The highest BCUT2D eigenvalue weighted by molar-refractivity contribution is 6.01. The van der Waals surface area contributed by atoms with Crippen LogP contribution in [0.2, 0.25) is 0 Å². The van der Waals surface area contributed by atoms with Crippen LogP contribution in [0.1, 0.15) is 16.4 Å². The number of nitrogens with one attached hydrogen (secondary N) is 2. The number of hydrogen-bond acceptors (Lipinski definition) is 3. The number of aromatic nitrogens is 3. The maximum Gasteiger partial charge on any atom is 0.295 e. The molecule has 0 atom stereocenters. The average Bonchev–Trinajstić information content (AvgIpc) is 2.70. The minimum absolute atomic E-state index is 0.268. The van der Waals surface area contributed by atoms with E-state index >= 15 is 0 Å². The van der Waals surface area contributed by atoms with Crippen LogP contribution in [-0.2, 0) is 0 Å². The van der Waals surface area contributed by atoms with Gasteiger partial charge < -0.3 is 5.32 Å². The number of carbonyl (C=O) groups is 1. The van der Waals surface area contributed by atoms with Crippen LogP contribution in [-0.4, -0.2) is 21.1 Å². The molecule has 0 aliphatic rings. The fourth-order valence-corrected chi connectivity index (χ4v) is 1.28. The van der Waals surface area contributed by atoms with Crippen LogP contribution in [0.15, 0.2) is 12.1 Å². The Labute approximate surface area is 99.0 Å². The van der Waals surface area contributed by atoms with Crippen molar-refractivity contribution < 1.29 is 18.0 Å². The minimum atomic E-state index is -1.21. The molecule has 5 nitrogen and oxygen atoms in total. The highest BCUT2D eigenvalue weighted by Crippen LogP contribution is 2.20. The molecule has 0 aliphatic heterocycles. The van der Waals surface area contributed by atoms with Crippen LogP contribution in [0.3, 0.4) is 0 Å². The minimum Gasteiger partial charge on any atom is -0.314 e. The number of nitrogens with zero attached hydrogens (tertiary/aromatic N) is 2. The van der Waals surface area contributed by atoms with Gasteiger partial charge in [-0.2, -0.15) is 0 Å². The first kappa shape index (κ1) is 12.1. The van der Waals surface area contributed by atoms with E-state index in [-0.39, 0.29) is 5.82 Å². The second-order valence-electron chi connectivity index (χ2n) is 3.44. The normalized spacial score (nSPS) is 10.4. The lowest BCUT2D eigenvalue weighted by Crippen LogP contribution is -2.16. The molecule has 0 saturated carbocycles. The lowest BCUT2D eigenvalue weighted by molar-refractivity contribution is 0.101. The number of H-pyrrole nitrogens is 1. The van der Waals surface area contributed by atoms with Crippen molar-refractivity contribution in [2.45, 2.75) is 6.92 Å². The van der Waals surface area contributed by atoms with E-state index in [0.29, 0.717) is 18.0 Å². The van der Waals surface area contributed by atoms with Gasteiger partial charge in [-0.1, -0.05) is 0 Å². The predicted octanol–water partition coefficient (Wildman–Crippen LogP) is 1.78. The second kappa shape index (κ2) is 4.47. The topological polar surface area (TPSA) is 70.7 Å². The molecule has 0 saturated heterocycles. The molecule has 18 heavy (non-hydrogen) atoms. The highest BCUT2D eigenvalue weighted by atomic mass is 19.1. The van der Waals surface area contributed by atoms with Crippen LogP contribution in [0.5, 0.6) is 0 Å². The molecule has 8 heteroatoms. The zero-order valence-electron chi connectivity index (χ0n) is 9.09. The van der Waals surface area contributed by atoms with Gasteiger partial charge in [-0.15, -0.1) is 5.10 Å². The van der Waals surface area contributed by atoms with Gasteiger partial charge in [0.25, 0.3) is 5.91 Å². The van der Waals surface area contributed by atoms with Gasteiger partial charge in [-0.3, -0.25) is 9.89 Å². The van der Waals surface area contributed by atoms with Gasteiger partial charge in [0.05, 0.1) is 0 Å². The molecule has 0 radical (unpaired) electrons. The van der Waals surface area contributed by atoms with Gasteiger partial charge in [-0.25, -0.2) is 18.2 Å². The lowest BCUT2D eigenvalue weighted by atomic mass is 10.2. The Morgan fingerprint density at radius 2 is 1.89 bits per heavy atom. The SMILES string of the molecule is Cc1nc(C(=O)Nc2c(F)cc(F)cc2F)n[nH]1. The number of halogens is 3. The van der Waals surface area contributed by atoms with Crippen molar-refractivity contribution in [1.82, 2.24) is 15.2 Å². The molecule has 1 aromatic carbocycles. The highest BCUT2D eigenvalue weighted by Gasteiger charge is 2.17. The maximum atomic E-state index is 13.2. The quantitative estimate of drug-likeness (QED) is 0.860. The number of anilines is 1. The Bertz CT molecular complexity index is 588. The largest absolute Gasteiger partial charge is 0.314 e. The zero-order valence-corrected chi connectivity index (χ0v) is 9.09. The van der Waals surface area contributed by atoms with Crippen LogP contribution in [0.25, 0.3) is 0 Å². The van der Waals surface area contributed by atoms with Gasteiger partial charge in [-0.05, 0) is 6.92 Å². The van der Waals surface area contributed by atoms with Crippen molar-refractivity contribution in [2.24, 2.45) is 0 Å². The monoisotopic (exact) mass is 256 g/mol. The molecule has 0 fully saturated rings. The third kappa shape index (κ3) is 2.31. The molecule has 2 rings (SSSR count). The Balaban J connectivity index is 2.27. The summed E-state index contributed by atoms with van der Waals surface area (Å²) in [7, 11) is 0. The van der Waals surface area contributed by atoms with Crippen molar-refractivity contribution in [1.29, 1.82) is 0 Å². The molecule has 94 valence electrons. The summed E-state index contributed by atoms with van der Waals surface area (Å²) in [5.41, 5.74) is -0.746. The van der Waals surface area contributed by atoms with Crippen LogP contribution in [0, 0.1) is 24.4 Å². The molecular weight excluding hydrogens is 249 g/mol. The van der Waals surface area contributed by atoms with Crippen molar-refractivity contribution >= 4 is 11.6 Å². The molecule has 0 spiro atoms. The summed E-state index contributed by atoms with van der Waals surface area (Å²) < 4.78 is 39.1. The zero-order chi connectivity index (χ0) is 13.3. The van der Waals surface area contributed by atoms with E-state index in [1.165, 1.54) is 0 Å². The summed E-state index contributed by atoms with van der Waals surface area (Å²) >= 11 is 0. The molecule has 2 aromatic rings. The molecule has 0 unspecified atom stereocenters. The van der Waals surface area contributed by atoms with E-state index in [9.17, 15) is 18.0 Å². The molecule has 1 amide bonds. The number of hydrogen-bond donors (Lipinski definition) is 2. The number of carbonyl (C=O) groups excluding carboxylic acids is 1. The molecule has 1 heterocycles. The van der Waals surface area contributed by atoms with E-state index in [2.05, 4.69) is 15.2 Å². The number of rotatable bonds is 2. The Morgan fingerprint density at radius 1 is 1.28 bits per heavy atom. The van der Waals surface area contributed by atoms with Crippen LogP contribution < -0.4 is 5.32 Å². The number of aromatic amines is 1. The van der Waals surface area contributed by atoms with E-state index in [0.717, 1.165) is 0 Å². The fourth-order valence-electron chi connectivity index (χ4n) is 1.28. The van der Waals surface area contributed by atoms with Gasteiger partial charge in [0.2, 0.25) is 5.82 Å². The van der Waals surface area contributed by atoms with E-state index in [1.54, 1.807) is 6.92 Å². The van der Waals surface area contributed by atoms with E-state index in [1.807, 2.05) is 5.32 Å². The summed E-state index contributed by atoms with van der Waals surface area (Å²) in [6, 6.07) is 0.920. The van der Waals surface area contributed by atoms with Crippen molar-refractivity contribution in [2.75, 3.05) is 5.32 Å². The Kier molecular flexibility index (Phi) is 3.00. The molecule has 2 N–H and O–H groups in total. The maximum absolute atomic E-state index is 13.2. The van der Waals surface area contributed by atoms with Gasteiger partial charge >= 0.3 is 0 Å². The van der Waals surface area contributed by atoms with Crippen LogP contribution >= 0.6 is 0 Å². The summed E-state index contributed by atoms with van der Waals surface area (Å²) in [5, 5.41) is 7.86. The Hall–Kier alpha value is -2.38. The molecular formula is C10H7F3N4O.